The van der Waals surface area contributed by atoms with Gasteiger partial charge in [-0.3, -0.25) is 9.69 Å². The molecule has 4 nitrogen and oxygen atoms in total. The van der Waals surface area contributed by atoms with E-state index in [0.29, 0.717) is 12.8 Å². The zero-order chi connectivity index (χ0) is 11.5. The molecule has 0 spiro atoms. The van der Waals surface area contributed by atoms with Crippen molar-refractivity contribution in [3.05, 3.63) is 30.3 Å². The lowest BCUT2D eigenvalue weighted by atomic mass is 10.2. The molecule has 1 aliphatic heterocycles. The number of hydrogen-bond acceptors (Lipinski definition) is 3. The van der Waals surface area contributed by atoms with Crippen LogP contribution in [0.25, 0.3) is 0 Å². The standard InChI is InChI=1S/C12H13NO3/c1-16-12(15)10-7-8-11(14)13(10)9-5-3-2-4-6-9/h2-6,10H,7-8H2,1H3/t10-/m1/s1. The predicted molar refractivity (Wildman–Crippen MR) is 59.0 cm³/mol. The number of esters is 1. The Balaban J connectivity index is 2.30. The summed E-state index contributed by atoms with van der Waals surface area (Å²) in [5.74, 6) is -0.378. The maximum Gasteiger partial charge on any atom is 0.328 e. The number of nitrogens with zero attached hydrogens (tertiary/aromatic N) is 1. The third-order valence-corrected chi connectivity index (χ3v) is 2.72. The lowest BCUT2D eigenvalue weighted by Crippen LogP contribution is -2.39. The van der Waals surface area contributed by atoms with Crippen LogP contribution in [0.15, 0.2) is 30.3 Å². The molecule has 0 unspecified atom stereocenters. The van der Waals surface area contributed by atoms with Crippen molar-refractivity contribution in [3.63, 3.8) is 0 Å². The maximum absolute atomic E-state index is 11.7. The van der Waals surface area contributed by atoms with Gasteiger partial charge in [0.1, 0.15) is 6.04 Å². The van der Waals surface area contributed by atoms with Gasteiger partial charge in [-0.15, -0.1) is 0 Å². The quantitative estimate of drug-likeness (QED) is 0.705. The van der Waals surface area contributed by atoms with E-state index >= 15 is 0 Å². The summed E-state index contributed by atoms with van der Waals surface area (Å²) in [5, 5.41) is 0. The number of carbonyl (C=O) groups excluding carboxylic acids is 2. The maximum atomic E-state index is 11.7. The van der Waals surface area contributed by atoms with E-state index in [0.717, 1.165) is 5.69 Å². The molecule has 1 aliphatic rings. The Kier molecular flexibility index (Phi) is 2.90. The highest BCUT2D eigenvalue weighted by Crippen LogP contribution is 2.26. The highest BCUT2D eigenvalue weighted by atomic mass is 16.5. The highest BCUT2D eigenvalue weighted by Gasteiger charge is 2.37. The molecule has 4 heteroatoms. The van der Waals surface area contributed by atoms with Gasteiger partial charge in [0.15, 0.2) is 0 Å². The van der Waals surface area contributed by atoms with Gasteiger partial charge in [0.05, 0.1) is 7.11 Å². The topological polar surface area (TPSA) is 46.6 Å². The van der Waals surface area contributed by atoms with Crippen molar-refractivity contribution in [2.24, 2.45) is 0 Å². The molecule has 2 rings (SSSR count). The van der Waals surface area contributed by atoms with Crippen LogP contribution in [0.2, 0.25) is 0 Å². The second-order valence-corrected chi connectivity index (χ2v) is 3.68. The molecule has 0 N–H and O–H groups in total. The summed E-state index contributed by atoms with van der Waals surface area (Å²) in [7, 11) is 1.34. The second kappa shape index (κ2) is 4.35. The largest absolute Gasteiger partial charge is 0.467 e. The van der Waals surface area contributed by atoms with Crippen molar-refractivity contribution in [2.75, 3.05) is 12.0 Å². The van der Waals surface area contributed by atoms with Crippen molar-refractivity contribution in [3.8, 4) is 0 Å². The number of benzene rings is 1. The lowest BCUT2D eigenvalue weighted by molar-refractivity contribution is -0.142. The highest BCUT2D eigenvalue weighted by molar-refractivity contribution is 6.02. The van der Waals surface area contributed by atoms with Crippen molar-refractivity contribution in [1.82, 2.24) is 0 Å². The minimum absolute atomic E-state index is 0.0263. The molecule has 1 saturated heterocycles. The molecule has 1 atom stereocenters. The van der Waals surface area contributed by atoms with E-state index in [1.165, 1.54) is 12.0 Å². The molecule has 1 aromatic rings. The van der Waals surface area contributed by atoms with Crippen LogP contribution in [0.1, 0.15) is 12.8 Å². The predicted octanol–water partition coefficient (Wildman–Crippen LogP) is 1.35. The normalized spacial score (nSPS) is 19.9. The van der Waals surface area contributed by atoms with Gasteiger partial charge in [0.25, 0.3) is 0 Å². The minimum atomic E-state index is -0.472. The fourth-order valence-electron chi connectivity index (χ4n) is 1.96. The van der Waals surface area contributed by atoms with Crippen LogP contribution in [-0.2, 0) is 14.3 Å². The fourth-order valence-corrected chi connectivity index (χ4v) is 1.96. The van der Waals surface area contributed by atoms with Crippen LogP contribution in [0.3, 0.4) is 0 Å². The Morgan fingerprint density at radius 1 is 1.38 bits per heavy atom. The molecular weight excluding hydrogens is 206 g/mol. The molecule has 0 radical (unpaired) electrons. The van der Waals surface area contributed by atoms with Crippen LogP contribution in [0.5, 0.6) is 0 Å². The van der Waals surface area contributed by atoms with E-state index in [1.54, 1.807) is 0 Å². The van der Waals surface area contributed by atoms with Gasteiger partial charge >= 0.3 is 5.97 Å². The zero-order valence-corrected chi connectivity index (χ0v) is 9.05. The lowest BCUT2D eigenvalue weighted by Gasteiger charge is -2.22. The van der Waals surface area contributed by atoms with Gasteiger partial charge in [-0.05, 0) is 18.6 Å². The fraction of sp³-hybridized carbons (Fsp3) is 0.333. The average molecular weight is 219 g/mol. The van der Waals surface area contributed by atoms with Crippen molar-refractivity contribution in [2.45, 2.75) is 18.9 Å². The number of ether oxygens (including phenoxy) is 1. The minimum Gasteiger partial charge on any atom is -0.467 e. The Bertz CT molecular complexity index is 402. The molecular formula is C12H13NO3. The third-order valence-electron chi connectivity index (χ3n) is 2.72. The number of rotatable bonds is 2. The number of methoxy groups -OCH3 is 1. The monoisotopic (exact) mass is 219 g/mol. The molecule has 1 fully saturated rings. The number of carbonyl (C=O) groups is 2. The molecule has 0 saturated carbocycles. The summed E-state index contributed by atoms with van der Waals surface area (Å²) in [5.41, 5.74) is 0.750. The first-order valence-electron chi connectivity index (χ1n) is 5.19. The first-order chi connectivity index (χ1) is 7.74. The van der Waals surface area contributed by atoms with Gasteiger partial charge in [0.2, 0.25) is 5.91 Å². The van der Waals surface area contributed by atoms with Gasteiger partial charge in [0, 0.05) is 12.1 Å². The molecule has 0 aromatic heterocycles. The number of hydrogen-bond donors (Lipinski definition) is 0. The Labute approximate surface area is 93.8 Å². The third kappa shape index (κ3) is 1.78. The van der Waals surface area contributed by atoms with E-state index in [9.17, 15) is 9.59 Å². The van der Waals surface area contributed by atoms with E-state index in [2.05, 4.69) is 0 Å². The summed E-state index contributed by atoms with van der Waals surface area (Å²) >= 11 is 0. The van der Waals surface area contributed by atoms with E-state index in [-0.39, 0.29) is 11.9 Å². The van der Waals surface area contributed by atoms with E-state index in [1.807, 2.05) is 30.3 Å². The Morgan fingerprint density at radius 3 is 2.69 bits per heavy atom. The zero-order valence-electron chi connectivity index (χ0n) is 9.05. The first-order valence-corrected chi connectivity index (χ1v) is 5.19. The summed E-state index contributed by atoms with van der Waals surface area (Å²) in [6, 6.07) is 8.72. The van der Waals surface area contributed by atoms with Crippen LogP contribution in [0, 0.1) is 0 Å². The van der Waals surface area contributed by atoms with Gasteiger partial charge in [-0.2, -0.15) is 0 Å². The second-order valence-electron chi connectivity index (χ2n) is 3.68. The van der Waals surface area contributed by atoms with Gasteiger partial charge in [-0.25, -0.2) is 4.79 Å². The molecule has 1 amide bonds. The molecule has 1 heterocycles. The van der Waals surface area contributed by atoms with Crippen molar-refractivity contribution in [1.29, 1.82) is 0 Å². The summed E-state index contributed by atoms with van der Waals surface area (Å²) < 4.78 is 4.70. The molecule has 0 aliphatic carbocycles. The van der Waals surface area contributed by atoms with Crippen LogP contribution < -0.4 is 4.90 Å². The smallest absolute Gasteiger partial charge is 0.328 e. The van der Waals surface area contributed by atoms with Crippen LogP contribution >= 0.6 is 0 Å². The summed E-state index contributed by atoms with van der Waals surface area (Å²) in [6.07, 6.45) is 0.926. The van der Waals surface area contributed by atoms with E-state index in [4.69, 9.17) is 4.74 Å². The van der Waals surface area contributed by atoms with E-state index < -0.39 is 6.04 Å². The molecule has 0 bridgehead atoms. The van der Waals surface area contributed by atoms with Gasteiger partial charge in [-0.1, -0.05) is 18.2 Å². The van der Waals surface area contributed by atoms with Crippen LogP contribution in [0.4, 0.5) is 5.69 Å². The SMILES string of the molecule is COC(=O)[C@H]1CCC(=O)N1c1ccccc1. The average Bonchev–Trinajstić information content (AvgIpc) is 2.71. The number of para-hydroxylation sites is 1. The van der Waals surface area contributed by atoms with Crippen LogP contribution in [-0.4, -0.2) is 25.0 Å². The molecule has 16 heavy (non-hydrogen) atoms. The number of anilines is 1. The van der Waals surface area contributed by atoms with Crippen molar-refractivity contribution < 1.29 is 14.3 Å². The first kappa shape index (κ1) is 10.7. The van der Waals surface area contributed by atoms with Gasteiger partial charge < -0.3 is 4.74 Å². The molecule has 1 aromatic carbocycles. The number of amides is 1. The van der Waals surface area contributed by atoms with Crippen molar-refractivity contribution >= 4 is 17.6 Å². The summed E-state index contributed by atoms with van der Waals surface area (Å²) in [4.78, 5) is 24.8. The summed E-state index contributed by atoms with van der Waals surface area (Å²) in [6.45, 7) is 0. The Morgan fingerprint density at radius 2 is 2.06 bits per heavy atom. The molecule has 84 valence electrons. The Hall–Kier alpha value is -1.84.